The zero-order chi connectivity index (χ0) is 21.3. The number of amides is 1. The molecule has 1 amide bonds. The third kappa shape index (κ3) is 4.17. The molecule has 0 aliphatic carbocycles. The van der Waals surface area contributed by atoms with Crippen LogP contribution in [-0.4, -0.2) is 15.5 Å². The van der Waals surface area contributed by atoms with Gasteiger partial charge < -0.3 is 9.73 Å². The monoisotopic (exact) mass is 441 g/mol. The summed E-state index contributed by atoms with van der Waals surface area (Å²) < 4.78 is 7.28. The lowest BCUT2D eigenvalue weighted by Gasteiger charge is -2.06. The lowest BCUT2D eigenvalue weighted by Crippen LogP contribution is -2.27. The van der Waals surface area contributed by atoms with E-state index in [2.05, 4.69) is 10.3 Å². The highest BCUT2D eigenvalue weighted by Gasteiger charge is 2.13. The Labute approximate surface area is 182 Å². The van der Waals surface area contributed by atoms with Crippen LogP contribution in [0, 0.1) is 13.8 Å². The van der Waals surface area contributed by atoms with Gasteiger partial charge in [-0.3, -0.25) is 14.2 Å². The van der Waals surface area contributed by atoms with Gasteiger partial charge in [-0.2, -0.15) is 0 Å². The van der Waals surface area contributed by atoms with Crippen LogP contribution in [-0.2, 0) is 17.9 Å². The lowest BCUT2D eigenvalue weighted by atomic mass is 10.2. The van der Waals surface area contributed by atoms with Crippen molar-refractivity contribution >= 4 is 39.1 Å². The van der Waals surface area contributed by atoms with Gasteiger partial charge in [0.1, 0.15) is 16.4 Å². The molecule has 0 spiro atoms. The SMILES string of the molecule is Cc1sc2ncn(CCC(=O)NCc3ccc(-c4ccc(Cl)cc4)o3)c(=O)c2c1C. The second kappa shape index (κ2) is 8.45. The van der Waals surface area contributed by atoms with Crippen LogP contribution in [0.3, 0.4) is 0 Å². The van der Waals surface area contributed by atoms with Crippen LogP contribution in [0.5, 0.6) is 0 Å². The standard InChI is InChI=1S/C22H20ClN3O3S/c1-13-14(2)30-21-20(13)22(28)26(12-25-21)10-9-19(27)24-11-17-7-8-18(29-17)15-3-5-16(23)6-4-15/h3-8,12H,9-11H2,1-2H3,(H,24,27). The number of rotatable bonds is 6. The van der Waals surface area contributed by atoms with Crippen LogP contribution in [0.25, 0.3) is 21.5 Å². The molecule has 6 nitrogen and oxygen atoms in total. The van der Waals surface area contributed by atoms with E-state index < -0.39 is 0 Å². The first-order valence-electron chi connectivity index (χ1n) is 9.49. The highest BCUT2D eigenvalue weighted by molar-refractivity contribution is 7.18. The number of halogens is 1. The van der Waals surface area contributed by atoms with Gasteiger partial charge in [0.2, 0.25) is 5.91 Å². The topological polar surface area (TPSA) is 77.1 Å². The summed E-state index contributed by atoms with van der Waals surface area (Å²) in [4.78, 5) is 31.1. The van der Waals surface area contributed by atoms with Crippen molar-refractivity contribution in [2.75, 3.05) is 0 Å². The Kier molecular flexibility index (Phi) is 5.74. The minimum Gasteiger partial charge on any atom is -0.459 e. The van der Waals surface area contributed by atoms with Gasteiger partial charge in [0.15, 0.2) is 0 Å². The molecule has 0 unspecified atom stereocenters. The minimum absolute atomic E-state index is 0.103. The summed E-state index contributed by atoms with van der Waals surface area (Å²) >= 11 is 7.42. The van der Waals surface area contributed by atoms with Gasteiger partial charge >= 0.3 is 0 Å². The van der Waals surface area contributed by atoms with E-state index in [1.807, 2.05) is 38.1 Å². The molecular formula is C22H20ClN3O3S. The maximum Gasteiger partial charge on any atom is 0.262 e. The Bertz CT molecular complexity index is 1270. The van der Waals surface area contributed by atoms with Crippen LogP contribution in [0.1, 0.15) is 22.6 Å². The number of nitrogens with zero attached hydrogens (tertiary/aromatic N) is 2. The maximum absolute atomic E-state index is 12.7. The molecule has 3 aromatic heterocycles. The zero-order valence-corrected chi connectivity index (χ0v) is 18.1. The molecule has 3 heterocycles. The fraction of sp³-hybridized carbons (Fsp3) is 0.227. The minimum atomic E-state index is -0.162. The Balaban J connectivity index is 1.35. The summed E-state index contributed by atoms with van der Waals surface area (Å²) in [5, 5.41) is 4.13. The van der Waals surface area contributed by atoms with Crippen molar-refractivity contribution in [3.8, 4) is 11.3 Å². The fourth-order valence-corrected chi connectivity index (χ4v) is 4.28. The molecule has 0 bridgehead atoms. The number of hydrogen-bond donors (Lipinski definition) is 1. The maximum atomic E-state index is 12.7. The second-order valence-corrected chi connectivity index (χ2v) is 8.65. The van der Waals surface area contributed by atoms with E-state index >= 15 is 0 Å². The zero-order valence-electron chi connectivity index (χ0n) is 16.6. The van der Waals surface area contributed by atoms with Gasteiger partial charge in [-0.15, -0.1) is 11.3 Å². The van der Waals surface area contributed by atoms with Gasteiger partial charge in [-0.25, -0.2) is 4.98 Å². The van der Waals surface area contributed by atoms with Crippen LogP contribution in [0.4, 0.5) is 0 Å². The fourth-order valence-electron chi connectivity index (χ4n) is 3.17. The summed E-state index contributed by atoms with van der Waals surface area (Å²) in [6.45, 7) is 4.46. The van der Waals surface area contributed by atoms with E-state index in [-0.39, 0.29) is 31.0 Å². The summed E-state index contributed by atoms with van der Waals surface area (Å²) in [5.74, 6) is 1.20. The molecule has 1 aromatic carbocycles. The first-order chi connectivity index (χ1) is 14.4. The van der Waals surface area contributed by atoms with Crippen molar-refractivity contribution < 1.29 is 9.21 Å². The number of thiophene rings is 1. The molecule has 0 radical (unpaired) electrons. The number of benzene rings is 1. The Morgan fingerprint density at radius 3 is 2.73 bits per heavy atom. The van der Waals surface area contributed by atoms with Crippen molar-refractivity contribution in [1.29, 1.82) is 0 Å². The highest BCUT2D eigenvalue weighted by atomic mass is 35.5. The summed E-state index contributed by atoms with van der Waals surface area (Å²) in [5.41, 5.74) is 1.77. The summed E-state index contributed by atoms with van der Waals surface area (Å²) in [6.07, 6.45) is 1.69. The summed E-state index contributed by atoms with van der Waals surface area (Å²) in [7, 11) is 0. The third-order valence-electron chi connectivity index (χ3n) is 4.99. The molecular weight excluding hydrogens is 422 g/mol. The van der Waals surface area contributed by atoms with Gasteiger partial charge in [-0.1, -0.05) is 11.6 Å². The summed E-state index contributed by atoms with van der Waals surface area (Å²) in [6, 6.07) is 11.0. The van der Waals surface area contributed by atoms with E-state index in [0.29, 0.717) is 21.9 Å². The van der Waals surface area contributed by atoms with Crippen LogP contribution in [0.15, 0.2) is 51.9 Å². The Morgan fingerprint density at radius 2 is 1.97 bits per heavy atom. The average Bonchev–Trinajstić information content (AvgIpc) is 3.31. The van der Waals surface area contributed by atoms with Gasteiger partial charge in [0.05, 0.1) is 18.3 Å². The van der Waals surface area contributed by atoms with Crippen molar-refractivity contribution in [2.45, 2.75) is 33.4 Å². The number of fused-ring (bicyclic) bond motifs is 1. The average molecular weight is 442 g/mol. The number of furan rings is 1. The molecule has 4 rings (SSSR count). The molecule has 0 aliphatic heterocycles. The molecule has 154 valence electrons. The Hall–Kier alpha value is -2.90. The number of aromatic nitrogens is 2. The van der Waals surface area contributed by atoms with Crippen molar-refractivity contribution in [1.82, 2.24) is 14.9 Å². The van der Waals surface area contributed by atoms with Crippen molar-refractivity contribution in [3.63, 3.8) is 0 Å². The van der Waals surface area contributed by atoms with E-state index in [4.69, 9.17) is 16.0 Å². The number of nitrogens with one attached hydrogen (secondary N) is 1. The number of hydrogen-bond acceptors (Lipinski definition) is 5. The van der Waals surface area contributed by atoms with Crippen molar-refractivity contribution in [3.05, 3.63) is 74.3 Å². The number of carbonyl (C=O) groups is 1. The Morgan fingerprint density at radius 1 is 1.20 bits per heavy atom. The van der Waals surface area contributed by atoms with Gasteiger partial charge in [0, 0.05) is 28.4 Å². The van der Waals surface area contributed by atoms with Crippen LogP contribution >= 0.6 is 22.9 Å². The largest absolute Gasteiger partial charge is 0.459 e. The first kappa shape index (κ1) is 20.4. The molecule has 0 fully saturated rings. The molecule has 4 aromatic rings. The van der Waals surface area contributed by atoms with Crippen molar-refractivity contribution in [2.24, 2.45) is 0 Å². The predicted molar refractivity (Wildman–Crippen MR) is 119 cm³/mol. The third-order valence-corrected chi connectivity index (χ3v) is 6.35. The molecule has 0 atom stereocenters. The number of carbonyl (C=O) groups excluding carboxylic acids is 1. The first-order valence-corrected chi connectivity index (χ1v) is 10.7. The molecule has 0 saturated carbocycles. The van der Waals surface area contributed by atoms with Crippen LogP contribution < -0.4 is 10.9 Å². The number of aryl methyl sites for hydroxylation is 3. The lowest BCUT2D eigenvalue weighted by molar-refractivity contribution is -0.121. The van der Waals surface area contributed by atoms with E-state index in [9.17, 15) is 9.59 Å². The second-order valence-electron chi connectivity index (χ2n) is 7.01. The normalized spacial score (nSPS) is 11.2. The van der Waals surface area contributed by atoms with E-state index in [1.54, 1.807) is 12.1 Å². The highest BCUT2D eigenvalue weighted by Crippen LogP contribution is 2.25. The molecule has 8 heteroatoms. The van der Waals surface area contributed by atoms with E-state index in [1.165, 1.54) is 22.2 Å². The van der Waals surface area contributed by atoms with Gasteiger partial charge in [-0.05, 0) is 55.8 Å². The predicted octanol–water partition coefficient (Wildman–Crippen LogP) is 4.69. The quantitative estimate of drug-likeness (QED) is 0.470. The van der Waals surface area contributed by atoms with E-state index in [0.717, 1.165) is 20.8 Å². The molecule has 0 aliphatic rings. The van der Waals surface area contributed by atoms with Crippen LogP contribution in [0.2, 0.25) is 5.02 Å². The van der Waals surface area contributed by atoms with Gasteiger partial charge in [0.25, 0.3) is 5.56 Å². The molecule has 1 N–H and O–H groups in total. The molecule has 30 heavy (non-hydrogen) atoms. The molecule has 0 saturated heterocycles. The smallest absolute Gasteiger partial charge is 0.262 e.